The normalized spacial score (nSPS) is 12.2. The molecule has 0 amide bonds. The molecule has 0 heterocycles. The van der Waals surface area contributed by atoms with Gasteiger partial charge < -0.3 is 10.6 Å². The summed E-state index contributed by atoms with van der Waals surface area (Å²) < 4.78 is 13.1. The molecule has 4 heteroatoms. The zero-order valence-electron chi connectivity index (χ0n) is 12.3. The van der Waals surface area contributed by atoms with Crippen molar-refractivity contribution < 1.29 is 4.39 Å². The number of nitrogens with zero attached hydrogens (tertiary/aromatic N) is 1. The Morgan fingerprint density at radius 2 is 1.86 bits per heavy atom. The van der Waals surface area contributed by atoms with Crippen LogP contribution in [0.4, 0.5) is 15.8 Å². The van der Waals surface area contributed by atoms with Crippen molar-refractivity contribution in [1.29, 1.82) is 0 Å². The van der Waals surface area contributed by atoms with E-state index in [4.69, 9.17) is 17.3 Å². The first-order valence-corrected chi connectivity index (χ1v) is 7.42. The second-order valence-corrected chi connectivity index (χ2v) is 5.62. The molecule has 112 valence electrons. The van der Waals surface area contributed by atoms with Crippen LogP contribution in [0.2, 0.25) is 5.02 Å². The minimum atomic E-state index is -0.239. The third kappa shape index (κ3) is 3.96. The molecular weight excluding hydrogens is 287 g/mol. The smallest absolute Gasteiger partial charge is 0.123 e. The molecule has 2 N–H and O–H groups in total. The highest BCUT2D eigenvalue weighted by Crippen LogP contribution is 2.30. The maximum absolute atomic E-state index is 13.1. The zero-order valence-corrected chi connectivity index (χ0v) is 13.1. The summed E-state index contributed by atoms with van der Waals surface area (Å²) in [6, 6.07) is 12.3. The summed E-state index contributed by atoms with van der Waals surface area (Å²) in [5, 5.41) is 0.699. The van der Waals surface area contributed by atoms with E-state index >= 15 is 0 Å². The highest BCUT2D eigenvalue weighted by atomic mass is 35.5. The largest absolute Gasteiger partial charge is 0.344 e. The minimum Gasteiger partial charge on any atom is -0.344 e. The van der Waals surface area contributed by atoms with Gasteiger partial charge in [-0.1, -0.05) is 18.5 Å². The fourth-order valence-electron chi connectivity index (χ4n) is 2.28. The standard InChI is InChI=1S/C17H20ClFN2/c1-3-15(20)11-12-10-13(18)4-9-17(12)21(2)16-7-5-14(19)6-8-16/h4-10,15H,3,11,20H2,1-2H3. The summed E-state index contributed by atoms with van der Waals surface area (Å²) in [7, 11) is 1.96. The molecule has 1 unspecified atom stereocenters. The van der Waals surface area contributed by atoms with Gasteiger partial charge in [0.05, 0.1) is 0 Å². The van der Waals surface area contributed by atoms with Crippen LogP contribution in [0.3, 0.4) is 0 Å². The average molecular weight is 307 g/mol. The fraction of sp³-hybridized carbons (Fsp3) is 0.294. The Balaban J connectivity index is 2.35. The lowest BCUT2D eigenvalue weighted by molar-refractivity contribution is 0.628. The van der Waals surface area contributed by atoms with Crippen LogP contribution in [-0.2, 0) is 6.42 Å². The first kappa shape index (κ1) is 15.8. The van der Waals surface area contributed by atoms with E-state index in [1.807, 2.05) is 30.1 Å². The summed E-state index contributed by atoms with van der Waals surface area (Å²) in [6.45, 7) is 2.07. The summed E-state index contributed by atoms with van der Waals surface area (Å²) in [4.78, 5) is 2.02. The van der Waals surface area contributed by atoms with Gasteiger partial charge in [-0.2, -0.15) is 0 Å². The van der Waals surface area contributed by atoms with Gasteiger partial charge in [-0.25, -0.2) is 4.39 Å². The maximum Gasteiger partial charge on any atom is 0.123 e. The zero-order chi connectivity index (χ0) is 15.4. The van der Waals surface area contributed by atoms with Gasteiger partial charge in [0, 0.05) is 29.5 Å². The molecule has 1 atom stereocenters. The van der Waals surface area contributed by atoms with Gasteiger partial charge >= 0.3 is 0 Å². The molecule has 2 rings (SSSR count). The van der Waals surface area contributed by atoms with E-state index in [0.29, 0.717) is 5.02 Å². The monoisotopic (exact) mass is 306 g/mol. The van der Waals surface area contributed by atoms with Crippen LogP contribution in [0.1, 0.15) is 18.9 Å². The van der Waals surface area contributed by atoms with Crippen LogP contribution < -0.4 is 10.6 Å². The van der Waals surface area contributed by atoms with Crippen LogP contribution in [0.5, 0.6) is 0 Å². The van der Waals surface area contributed by atoms with Gasteiger partial charge in [0.1, 0.15) is 5.82 Å². The molecule has 2 nitrogen and oxygen atoms in total. The predicted octanol–water partition coefficient (Wildman–Crippen LogP) is 4.53. The summed E-state index contributed by atoms with van der Waals surface area (Å²) in [6.07, 6.45) is 1.67. The number of nitrogens with two attached hydrogens (primary N) is 1. The Hall–Kier alpha value is -1.58. The van der Waals surface area contributed by atoms with Crippen molar-refractivity contribution in [2.45, 2.75) is 25.8 Å². The maximum atomic E-state index is 13.1. The van der Waals surface area contributed by atoms with Crippen molar-refractivity contribution in [1.82, 2.24) is 0 Å². The van der Waals surface area contributed by atoms with Gasteiger partial charge in [0.2, 0.25) is 0 Å². The molecule has 0 saturated carbocycles. The Morgan fingerprint density at radius 3 is 2.48 bits per heavy atom. The van der Waals surface area contributed by atoms with E-state index in [0.717, 1.165) is 29.8 Å². The molecular formula is C17H20ClFN2. The second kappa shape index (κ2) is 6.92. The lowest BCUT2D eigenvalue weighted by atomic mass is 10.0. The highest BCUT2D eigenvalue weighted by Gasteiger charge is 2.12. The average Bonchev–Trinajstić information content (AvgIpc) is 2.47. The van der Waals surface area contributed by atoms with E-state index in [9.17, 15) is 4.39 Å². The molecule has 0 radical (unpaired) electrons. The quantitative estimate of drug-likeness (QED) is 0.879. The van der Waals surface area contributed by atoms with E-state index in [1.165, 1.54) is 12.1 Å². The number of rotatable bonds is 5. The van der Waals surface area contributed by atoms with E-state index in [-0.39, 0.29) is 11.9 Å². The Kier molecular flexibility index (Phi) is 5.21. The molecule has 2 aromatic carbocycles. The molecule has 0 fully saturated rings. The summed E-state index contributed by atoms with van der Waals surface area (Å²) >= 11 is 6.11. The van der Waals surface area contributed by atoms with Gasteiger partial charge in [0.15, 0.2) is 0 Å². The molecule has 2 aromatic rings. The summed E-state index contributed by atoms with van der Waals surface area (Å²) in [5.41, 5.74) is 9.13. The minimum absolute atomic E-state index is 0.101. The van der Waals surface area contributed by atoms with Crippen molar-refractivity contribution in [2.24, 2.45) is 5.73 Å². The van der Waals surface area contributed by atoms with Crippen molar-refractivity contribution in [2.75, 3.05) is 11.9 Å². The Labute approximate surface area is 130 Å². The lowest BCUT2D eigenvalue weighted by Gasteiger charge is -2.24. The van der Waals surface area contributed by atoms with Gasteiger partial charge in [-0.3, -0.25) is 0 Å². The number of benzene rings is 2. The van der Waals surface area contributed by atoms with E-state index in [1.54, 1.807) is 12.1 Å². The highest BCUT2D eigenvalue weighted by molar-refractivity contribution is 6.30. The van der Waals surface area contributed by atoms with Gasteiger partial charge in [-0.05, 0) is 60.9 Å². The van der Waals surface area contributed by atoms with Crippen molar-refractivity contribution in [3.05, 3.63) is 58.9 Å². The van der Waals surface area contributed by atoms with Crippen molar-refractivity contribution >= 4 is 23.0 Å². The van der Waals surface area contributed by atoms with Gasteiger partial charge in [-0.15, -0.1) is 0 Å². The Bertz CT molecular complexity index is 598. The third-order valence-electron chi connectivity index (χ3n) is 3.62. The SMILES string of the molecule is CCC(N)Cc1cc(Cl)ccc1N(C)c1ccc(F)cc1. The second-order valence-electron chi connectivity index (χ2n) is 5.18. The molecule has 0 bridgehead atoms. The topological polar surface area (TPSA) is 29.3 Å². The van der Waals surface area contributed by atoms with Crippen molar-refractivity contribution in [3.8, 4) is 0 Å². The summed E-state index contributed by atoms with van der Waals surface area (Å²) in [5.74, 6) is -0.239. The van der Waals surface area contributed by atoms with Crippen LogP contribution >= 0.6 is 11.6 Å². The number of hydrogen-bond donors (Lipinski definition) is 1. The lowest BCUT2D eigenvalue weighted by Crippen LogP contribution is -2.23. The van der Waals surface area contributed by atoms with Crippen molar-refractivity contribution in [3.63, 3.8) is 0 Å². The van der Waals surface area contributed by atoms with Crippen LogP contribution in [0, 0.1) is 5.82 Å². The van der Waals surface area contributed by atoms with E-state index in [2.05, 4.69) is 6.92 Å². The number of anilines is 2. The van der Waals surface area contributed by atoms with E-state index < -0.39 is 0 Å². The van der Waals surface area contributed by atoms with Crippen LogP contribution in [0.25, 0.3) is 0 Å². The molecule has 21 heavy (non-hydrogen) atoms. The fourth-order valence-corrected chi connectivity index (χ4v) is 2.47. The molecule has 0 aliphatic heterocycles. The number of halogens is 2. The molecule has 0 saturated heterocycles. The molecule has 0 aliphatic carbocycles. The first-order valence-electron chi connectivity index (χ1n) is 7.04. The van der Waals surface area contributed by atoms with Crippen LogP contribution in [0.15, 0.2) is 42.5 Å². The first-order chi connectivity index (χ1) is 10.0. The van der Waals surface area contributed by atoms with Gasteiger partial charge in [0.25, 0.3) is 0 Å². The predicted molar refractivity (Wildman–Crippen MR) is 87.9 cm³/mol. The third-order valence-corrected chi connectivity index (χ3v) is 3.86. The molecule has 0 spiro atoms. The molecule has 0 aromatic heterocycles. The Morgan fingerprint density at radius 1 is 1.19 bits per heavy atom. The number of hydrogen-bond acceptors (Lipinski definition) is 2. The van der Waals surface area contributed by atoms with Crippen LogP contribution in [-0.4, -0.2) is 13.1 Å². The molecule has 0 aliphatic rings.